The van der Waals surface area contributed by atoms with Crippen LogP contribution in [0.15, 0.2) is 52.2 Å². The van der Waals surface area contributed by atoms with Crippen LogP contribution in [0, 0.1) is 5.92 Å². The SMILES string of the molecule is Cn1c(=O)c2c3c(cnc2n(C)c1=O)C(=O)CC(C=Cc1ccccc1)C3. The van der Waals surface area contributed by atoms with Crippen molar-refractivity contribution < 1.29 is 4.79 Å². The first-order valence-corrected chi connectivity index (χ1v) is 8.81. The smallest absolute Gasteiger partial charge is 0.294 e. The zero-order chi connectivity index (χ0) is 19.1. The van der Waals surface area contributed by atoms with Gasteiger partial charge < -0.3 is 0 Å². The largest absolute Gasteiger partial charge is 0.332 e. The monoisotopic (exact) mass is 361 g/mol. The molecule has 1 atom stereocenters. The predicted molar refractivity (Wildman–Crippen MR) is 104 cm³/mol. The Morgan fingerprint density at radius 2 is 1.78 bits per heavy atom. The van der Waals surface area contributed by atoms with E-state index in [1.54, 1.807) is 7.05 Å². The average Bonchev–Trinajstić information content (AvgIpc) is 2.69. The van der Waals surface area contributed by atoms with Crippen molar-refractivity contribution in [3.63, 3.8) is 0 Å². The summed E-state index contributed by atoms with van der Waals surface area (Å²) in [7, 11) is 3.03. The number of carbonyl (C=O) groups excluding carboxylic acids is 1. The van der Waals surface area contributed by atoms with Crippen molar-refractivity contribution in [2.75, 3.05) is 0 Å². The van der Waals surface area contributed by atoms with E-state index in [0.717, 1.165) is 10.1 Å². The highest BCUT2D eigenvalue weighted by Gasteiger charge is 2.28. The van der Waals surface area contributed by atoms with E-state index in [1.807, 2.05) is 42.5 Å². The fourth-order valence-corrected chi connectivity index (χ4v) is 3.67. The van der Waals surface area contributed by atoms with Gasteiger partial charge in [-0.2, -0.15) is 0 Å². The van der Waals surface area contributed by atoms with Crippen molar-refractivity contribution in [2.24, 2.45) is 20.0 Å². The Hall–Kier alpha value is -3.28. The molecule has 4 rings (SSSR count). The number of benzene rings is 1. The van der Waals surface area contributed by atoms with Gasteiger partial charge in [-0.05, 0) is 23.5 Å². The lowest BCUT2D eigenvalue weighted by atomic mass is 9.82. The van der Waals surface area contributed by atoms with Gasteiger partial charge >= 0.3 is 5.69 Å². The predicted octanol–water partition coefficient (Wildman–Crippen LogP) is 2.09. The molecule has 6 heteroatoms. The van der Waals surface area contributed by atoms with E-state index in [2.05, 4.69) is 4.98 Å². The van der Waals surface area contributed by atoms with E-state index in [9.17, 15) is 14.4 Å². The number of allylic oxidation sites excluding steroid dienone is 1. The molecule has 0 saturated heterocycles. The topological polar surface area (TPSA) is 74.0 Å². The van der Waals surface area contributed by atoms with Gasteiger partial charge in [0.1, 0.15) is 5.65 Å². The third kappa shape index (κ3) is 2.83. The van der Waals surface area contributed by atoms with E-state index in [-0.39, 0.29) is 11.7 Å². The van der Waals surface area contributed by atoms with Gasteiger partial charge in [0.25, 0.3) is 5.56 Å². The van der Waals surface area contributed by atoms with Crippen LogP contribution in [0.4, 0.5) is 0 Å². The van der Waals surface area contributed by atoms with Crippen LogP contribution in [-0.4, -0.2) is 19.9 Å². The van der Waals surface area contributed by atoms with E-state index in [1.165, 1.54) is 17.8 Å². The van der Waals surface area contributed by atoms with Gasteiger partial charge in [-0.25, -0.2) is 9.78 Å². The fraction of sp³-hybridized carbons (Fsp3) is 0.238. The molecular weight excluding hydrogens is 342 g/mol. The molecule has 0 aliphatic heterocycles. The number of carbonyl (C=O) groups is 1. The Labute approximate surface area is 155 Å². The minimum absolute atomic E-state index is 0.00209. The van der Waals surface area contributed by atoms with Gasteiger partial charge in [-0.1, -0.05) is 42.5 Å². The van der Waals surface area contributed by atoms with Crippen LogP contribution in [0.3, 0.4) is 0 Å². The third-order valence-corrected chi connectivity index (χ3v) is 5.15. The Kier molecular flexibility index (Phi) is 4.11. The number of ketones is 1. The lowest BCUT2D eigenvalue weighted by molar-refractivity contribution is 0.0959. The maximum absolute atomic E-state index is 12.7. The van der Waals surface area contributed by atoms with E-state index in [4.69, 9.17) is 0 Å². The summed E-state index contributed by atoms with van der Waals surface area (Å²) in [5.74, 6) is -0.0259. The van der Waals surface area contributed by atoms with Crippen LogP contribution < -0.4 is 11.2 Å². The summed E-state index contributed by atoms with van der Waals surface area (Å²) < 4.78 is 2.42. The van der Waals surface area contributed by atoms with Crippen LogP contribution in [0.25, 0.3) is 17.1 Å². The summed E-state index contributed by atoms with van der Waals surface area (Å²) in [6.07, 6.45) is 6.47. The molecule has 0 amide bonds. The van der Waals surface area contributed by atoms with Crippen molar-refractivity contribution in [3.05, 3.63) is 80.1 Å². The molecular formula is C21H19N3O3. The zero-order valence-corrected chi connectivity index (χ0v) is 15.2. The molecule has 6 nitrogen and oxygen atoms in total. The molecule has 0 radical (unpaired) electrons. The summed E-state index contributed by atoms with van der Waals surface area (Å²) in [5, 5.41) is 0.364. The van der Waals surface area contributed by atoms with Gasteiger partial charge in [0, 0.05) is 32.3 Å². The quantitative estimate of drug-likeness (QED) is 0.701. The minimum atomic E-state index is -0.428. The summed E-state index contributed by atoms with van der Waals surface area (Å²) in [4.78, 5) is 41.8. The average molecular weight is 361 g/mol. The summed E-state index contributed by atoms with van der Waals surface area (Å²) in [6.45, 7) is 0. The van der Waals surface area contributed by atoms with Gasteiger partial charge in [-0.15, -0.1) is 0 Å². The van der Waals surface area contributed by atoms with E-state index < -0.39 is 11.2 Å². The highest BCUT2D eigenvalue weighted by molar-refractivity contribution is 6.02. The maximum atomic E-state index is 12.7. The molecule has 1 aromatic carbocycles. The first-order chi connectivity index (χ1) is 13.0. The van der Waals surface area contributed by atoms with Gasteiger partial charge in [-0.3, -0.25) is 18.7 Å². The van der Waals surface area contributed by atoms with Crippen LogP contribution in [0.5, 0.6) is 0 Å². The number of aryl methyl sites for hydroxylation is 1. The molecule has 3 aromatic rings. The van der Waals surface area contributed by atoms with Crippen molar-refractivity contribution in [1.29, 1.82) is 0 Å². The number of aromatic nitrogens is 3. The molecule has 136 valence electrons. The van der Waals surface area contributed by atoms with Crippen molar-refractivity contribution in [3.8, 4) is 0 Å². The second-order valence-corrected chi connectivity index (χ2v) is 6.92. The minimum Gasteiger partial charge on any atom is -0.294 e. The van der Waals surface area contributed by atoms with Crippen LogP contribution in [-0.2, 0) is 20.5 Å². The van der Waals surface area contributed by atoms with Gasteiger partial charge in [0.15, 0.2) is 5.78 Å². The lowest BCUT2D eigenvalue weighted by Gasteiger charge is -2.22. The molecule has 0 N–H and O–H groups in total. The second kappa shape index (κ2) is 6.46. The molecule has 1 unspecified atom stereocenters. The number of Topliss-reactive ketones (excluding diaryl/α,β-unsaturated/α-hetero) is 1. The van der Waals surface area contributed by atoms with Crippen LogP contribution in [0.2, 0.25) is 0 Å². The molecule has 27 heavy (non-hydrogen) atoms. The van der Waals surface area contributed by atoms with E-state index >= 15 is 0 Å². The molecule has 2 aromatic heterocycles. The summed E-state index contributed by atoms with van der Waals surface area (Å²) >= 11 is 0. The molecule has 0 spiro atoms. The highest BCUT2D eigenvalue weighted by Crippen LogP contribution is 2.29. The molecule has 1 aliphatic carbocycles. The molecule has 0 bridgehead atoms. The summed E-state index contributed by atoms with van der Waals surface area (Å²) in [5.41, 5.74) is 1.73. The second-order valence-electron chi connectivity index (χ2n) is 6.92. The molecule has 0 fully saturated rings. The Morgan fingerprint density at radius 1 is 1.04 bits per heavy atom. The van der Waals surface area contributed by atoms with Gasteiger partial charge in [0.05, 0.1) is 5.39 Å². The normalized spacial score (nSPS) is 16.8. The van der Waals surface area contributed by atoms with Gasteiger partial charge in [0.2, 0.25) is 0 Å². The molecule has 2 heterocycles. The first-order valence-electron chi connectivity index (χ1n) is 8.81. The maximum Gasteiger partial charge on any atom is 0.332 e. The Balaban J connectivity index is 1.85. The Bertz CT molecular complexity index is 1200. The number of fused-ring (bicyclic) bond motifs is 3. The number of pyridine rings is 1. The lowest BCUT2D eigenvalue weighted by Crippen LogP contribution is -2.38. The van der Waals surface area contributed by atoms with Crippen LogP contribution >= 0.6 is 0 Å². The number of hydrogen-bond acceptors (Lipinski definition) is 4. The van der Waals surface area contributed by atoms with Crippen molar-refractivity contribution >= 4 is 22.9 Å². The number of rotatable bonds is 2. The molecule has 1 aliphatic rings. The molecule has 0 saturated carbocycles. The van der Waals surface area contributed by atoms with E-state index in [0.29, 0.717) is 35.0 Å². The number of hydrogen-bond donors (Lipinski definition) is 0. The summed E-state index contributed by atoms with van der Waals surface area (Å²) in [6, 6.07) is 9.88. The zero-order valence-electron chi connectivity index (χ0n) is 15.2. The standard InChI is InChI=1S/C21H19N3O3/c1-23-19-18(20(26)24(2)21(23)27)15-10-14(11-17(25)16(15)12-22-19)9-8-13-6-4-3-5-7-13/h3-9,12,14H,10-11H2,1-2H3. The Morgan fingerprint density at radius 3 is 2.52 bits per heavy atom. The van der Waals surface area contributed by atoms with Crippen LogP contribution in [0.1, 0.15) is 27.9 Å². The third-order valence-electron chi connectivity index (χ3n) is 5.15. The highest BCUT2D eigenvalue weighted by atomic mass is 16.2. The first kappa shape index (κ1) is 17.1. The fourth-order valence-electron chi connectivity index (χ4n) is 3.67. The van der Waals surface area contributed by atoms with Crippen molar-refractivity contribution in [2.45, 2.75) is 12.8 Å². The van der Waals surface area contributed by atoms with Crippen molar-refractivity contribution in [1.82, 2.24) is 14.1 Å². The number of nitrogens with zero attached hydrogens (tertiary/aromatic N) is 3.